The second-order valence-corrected chi connectivity index (χ2v) is 6.16. The molecule has 22 heavy (non-hydrogen) atoms. The third-order valence-corrected chi connectivity index (χ3v) is 4.72. The lowest BCUT2D eigenvalue weighted by Crippen LogP contribution is -2.02. The van der Waals surface area contributed by atoms with Gasteiger partial charge in [0.15, 0.2) is 0 Å². The molecule has 2 aromatic rings. The van der Waals surface area contributed by atoms with Crippen molar-refractivity contribution in [1.82, 2.24) is 0 Å². The van der Waals surface area contributed by atoms with Crippen LogP contribution in [-0.2, 0) is 0 Å². The van der Waals surface area contributed by atoms with E-state index in [-0.39, 0.29) is 6.04 Å². The quantitative estimate of drug-likeness (QED) is 0.467. The van der Waals surface area contributed by atoms with Crippen molar-refractivity contribution < 1.29 is 0 Å². The lowest BCUT2D eigenvalue weighted by Gasteiger charge is -2.13. The molecule has 0 amide bonds. The minimum Gasteiger partial charge on any atom is -0.150 e. The molecular formula is C20H23NO. The third kappa shape index (κ3) is 2.83. The molecule has 2 aromatic carbocycles. The van der Waals surface area contributed by atoms with Crippen LogP contribution in [0.3, 0.4) is 0 Å². The van der Waals surface area contributed by atoms with Gasteiger partial charge in [0.25, 0.3) is 0 Å². The summed E-state index contributed by atoms with van der Waals surface area (Å²) in [6.45, 7) is 2.23. The Labute approximate surface area is 132 Å². The van der Waals surface area contributed by atoms with Gasteiger partial charge in [-0.05, 0) is 47.6 Å². The Morgan fingerprint density at radius 3 is 2.73 bits per heavy atom. The van der Waals surface area contributed by atoms with E-state index in [9.17, 15) is 4.91 Å². The number of allylic oxidation sites excluding steroid dienone is 1. The molecule has 0 spiro atoms. The van der Waals surface area contributed by atoms with E-state index in [2.05, 4.69) is 54.6 Å². The van der Waals surface area contributed by atoms with Crippen LogP contribution in [0.1, 0.15) is 51.0 Å². The first-order valence-electron chi connectivity index (χ1n) is 8.37. The van der Waals surface area contributed by atoms with Gasteiger partial charge in [-0.15, -0.1) is 0 Å². The van der Waals surface area contributed by atoms with Gasteiger partial charge in [0.1, 0.15) is 6.04 Å². The zero-order valence-corrected chi connectivity index (χ0v) is 13.2. The monoisotopic (exact) mass is 293 g/mol. The Bertz CT molecular complexity index is 696. The average molecular weight is 293 g/mol. The molecule has 114 valence electrons. The van der Waals surface area contributed by atoms with Crippen molar-refractivity contribution in [3.8, 4) is 0 Å². The first-order chi connectivity index (χ1) is 10.8. The highest BCUT2D eigenvalue weighted by Gasteiger charge is 2.28. The zero-order valence-electron chi connectivity index (χ0n) is 13.2. The van der Waals surface area contributed by atoms with Gasteiger partial charge in [-0.2, -0.15) is 4.91 Å². The van der Waals surface area contributed by atoms with Crippen LogP contribution in [0.2, 0.25) is 0 Å². The smallest absolute Gasteiger partial charge is 0.118 e. The molecule has 1 unspecified atom stereocenters. The number of unbranched alkanes of at least 4 members (excludes halogenated alkanes) is 2. The highest BCUT2D eigenvalue weighted by Crippen LogP contribution is 2.40. The maximum Gasteiger partial charge on any atom is 0.118 e. The number of fused-ring (bicyclic) bond motifs is 1. The number of hydrogen-bond acceptors (Lipinski definition) is 2. The molecule has 0 bridgehead atoms. The van der Waals surface area contributed by atoms with Gasteiger partial charge in [0.05, 0.1) is 0 Å². The molecule has 0 N–H and O–H groups in total. The van der Waals surface area contributed by atoms with Crippen molar-refractivity contribution in [2.24, 2.45) is 5.18 Å². The van der Waals surface area contributed by atoms with Crippen LogP contribution >= 0.6 is 0 Å². The second kappa shape index (κ2) is 6.87. The number of hydrogen-bond donors (Lipinski definition) is 0. The maximum atomic E-state index is 11.3. The molecule has 1 aliphatic rings. The number of rotatable bonds is 6. The molecule has 0 fully saturated rings. The summed E-state index contributed by atoms with van der Waals surface area (Å²) < 4.78 is 0. The minimum atomic E-state index is -0.164. The highest BCUT2D eigenvalue weighted by molar-refractivity contribution is 5.96. The van der Waals surface area contributed by atoms with Crippen molar-refractivity contribution in [2.75, 3.05) is 0 Å². The van der Waals surface area contributed by atoms with Crippen LogP contribution in [0.15, 0.2) is 53.2 Å². The van der Waals surface area contributed by atoms with Gasteiger partial charge < -0.3 is 0 Å². The van der Waals surface area contributed by atoms with Gasteiger partial charge in [-0.25, -0.2) is 0 Å². The van der Waals surface area contributed by atoms with Gasteiger partial charge >= 0.3 is 0 Å². The van der Waals surface area contributed by atoms with Crippen molar-refractivity contribution in [1.29, 1.82) is 0 Å². The van der Waals surface area contributed by atoms with Crippen LogP contribution in [0.25, 0.3) is 16.3 Å². The number of nitroso groups, excluding NO2 is 1. The summed E-state index contributed by atoms with van der Waals surface area (Å²) in [6, 6.07) is 14.6. The molecule has 0 aliphatic heterocycles. The van der Waals surface area contributed by atoms with E-state index in [4.69, 9.17) is 0 Å². The second-order valence-electron chi connectivity index (χ2n) is 6.16. The number of nitrogens with zero attached hydrogens (tertiary/aromatic N) is 1. The highest BCUT2D eigenvalue weighted by atomic mass is 16.3. The van der Waals surface area contributed by atoms with E-state index in [0.29, 0.717) is 0 Å². The zero-order chi connectivity index (χ0) is 15.4. The fourth-order valence-electron chi connectivity index (χ4n) is 3.61. The predicted molar refractivity (Wildman–Crippen MR) is 93.8 cm³/mol. The van der Waals surface area contributed by atoms with Crippen molar-refractivity contribution in [3.63, 3.8) is 0 Å². The third-order valence-electron chi connectivity index (χ3n) is 4.72. The Morgan fingerprint density at radius 2 is 1.91 bits per heavy atom. The standard InChI is InChI=1S/C20H23NO/c1-2-3-4-9-16-13-14-19(21-22)20(16)18-12-7-10-15-8-5-6-11-17(15)18/h5-8,10-12,19H,2-4,9,13-14H2,1H3. The molecule has 1 aliphatic carbocycles. The summed E-state index contributed by atoms with van der Waals surface area (Å²) in [6.07, 6.45) is 6.71. The van der Waals surface area contributed by atoms with E-state index < -0.39 is 0 Å². The summed E-state index contributed by atoms with van der Waals surface area (Å²) in [5.41, 5.74) is 3.88. The Balaban J connectivity index is 2.07. The fourth-order valence-corrected chi connectivity index (χ4v) is 3.61. The number of benzene rings is 2. The molecule has 0 aromatic heterocycles. The summed E-state index contributed by atoms with van der Waals surface area (Å²) >= 11 is 0. The molecule has 0 saturated carbocycles. The normalized spacial score (nSPS) is 18.1. The molecule has 0 saturated heterocycles. The molecule has 0 heterocycles. The first kappa shape index (κ1) is 15.0. The SMILES string of the molecule is CCCCCC1=C(c2cccc3ccccc23)C(N=O)CC1. The molecule has 2 heteroatoms. The van der Waals surface area contributed by atoms with E-state index in [1.165, 1.54) is 46.7 Å². The van der Waals surface area contributed by atoms with Gasteiger partial charge in [-0.1, -0.05) is 73.0 Å². The van der Waals surface area contributed by atoms with Crippen LogP contribution in [0, 0.1) is 4.91 Å². The van der Waals surface area contributed by atoms with Crippen molar-refractivity contribution >= 4 is 16.3 Å². The summed E-state index contributed by atoms with van der Waals surface area (Å²) in [7, 11) is 0. The summed E-state index contributed by atoms with van der Waals surface area (Å²) in [5, 5.41) is 5.90. The molecule has 1 atom stereocenters. The molecule has 3 rings (SSSR count). The maximum absolute atomic E-state index is 11.3. The average Bonchev–Trinajstić information content (AvgIpc) is 2.97. The Hall–Kier alpha value is -1.96. The lowest BCUT2D eigenvalue weighted by molar-refractivity contribution is 0.695. The summed E-state index contributed by atoms with van der Waals surface area (Å²) in [4.78, 5) is 11.3. The van der Waals surface area contributed by atoms with E-state index in [1.807, 2.05) is 0 Å². The van der Waals surface area contributed by atoms with Crippen LogP contribution < -0.4 is 0 Å². The van der Waals surface area contributed by atoms with Crippen LogP contribution in [-0.4, -0.2) is 6.04 Å². The van der Waals surface area contributed by atoms with E-state index in [1.54, 1.807) is 0 Å². The van der Waals surface area contributed by atoms with E-state index >= 15 is 0 Å². The summed E-state index contributed by atoms with van der Waals surface area (Å²) in [5.74, 6) is 0. The topological polar surface area (TPSA) is 29.4 Å². The van der Waals surface area contributed by atoms with Gasteiger partial charge in [0, 0.05) is 0 Å². The van der Waals surface area contributed by atoms with E-state index in [0.717, 1.165) is 19.3 Å². The predicted octanol–water partition coefficient (Wildman–Crippen LogP) is 6.10. The Kier molecular flexibility index (Phi) is 4.67. The largest absolute Gasteiger partial charge is 0.150 e. The van der Waals surface area contributed by atoms with Gasteiger partial charge in [-0.3, -0.25) is 0 Å². The van der Waals surface area contributed by atoms with Crippen LogP contribution in [0.5, 0.6) is 0 Å². The molecule has 0 radical (unpaired) electrons. The molecule has 2 nitrogen and oxygen atoms in total. The fraction of sp³-hybridized carbons (Fsp3) is 0.400. The first-order valence-corrected chi connectivity index (χ1v) is 8.37. The minimum absolute atomic E-state index is 0.164. The Morgan fingerprint density at radius 1 is 1.09 bits per heavy atom. The van der Waals surface area contributed by atoms with Crippen LogP contribution in [0.4, 0.5) is 0 Å². The molecular weight excluding hydrogens is 270 g/mol. The van der Waals surface area contributed by atoms with Gasteiger partial charge in [0.2, 0.25) is 0 Å². The van der Waals surface area contributed by atoms with Crippen molar-refractivity contribution in [3.05, 3.63) is 58.5 Å². The van der Waals surface area contributed by atoms with Crippen molar-refractivity contribution in [2.45, 2.75) is 51.5 Å². The lowest BCUT2D eigenvalue weighted by atomic mass is 9.92.